The Balaban J connectivity index is 1.88. The van der Waals surface area contributed by atoms with Crippen molar-refractivity contribution in [2.45, 2.75) is 27.1 Å². The van der Waals surface area contributed by atoms with E-state index in [0.29, 0.717) is 29.1 Å². The van der Waals surface area contributed by atoms with Gasteiger partial charge >= 0.3 is 0 Å². The van der Waals surface area contributed by atoms with E-state index in [-0.39, 0.29) is 11.6 Å². The minimum atomic E-state index is -0.758. The predicted molar refractivity (Wildman–Crippen MR) is 99.7 cm³/mol. The third-order valence-corrected chi connectivity index (χ3v) is 4.13. The van der Waals surface area contributed by atoms with Crippen molar-refractivity contribution in [2.75, 3.05) is 11.9 Å². The molecule has 5 heteroatoms. The minimum Gasteiger partial charge on any atom is -0.460 e. The molecule has 0 saturated heterocycles. The van der Waals surface area contributed by atoms with Gasteiger partial charge in [0.25, 0.3) is 0 Å². The molecule has 1 atom stereocenters. The Bertz CT molecular complexity index is 868. The lowest BCUT2D eigenvalue weighted by Crippen LogP contribution is -2.33. The number of Topliss-reactive ketones (excluding diaryl/α,β-unsaturated/α-hetero) is 2. The summed E-state index contributed by atoms with van der Waals surface area (Å²) in [6.45, 7) is 5.72. The summed E-state index contributed by atoms with van der Waals surface area (Å²) >= 11 is 0. The number of rotatable bonds is 5. The smallest absolute Gasteiger partial charge is 0.232 e. The summed E-state index contributed by atoms with van der Waals surface area (Å²) in [4.78, 5) is 24.3. The van der Waals surface area contributed by atoms with Gasteiger partial charge in [-0.15, -0.1) is 0 Å². The molecular formula is C21H21NO4. The van der Waals surface area contributed by atoms with Gasteiger partial charge in [-0.25, -0.2) is 0 Å². The van der Waals surface area contributed by atoms with Crippen LogP contribution in [0.2, 0.25) is 0 Å². The van der Waals surface area contributed by atoms with Crippen LogP contribution in [0, 0.1) is 6.92 Å². The number of fused-ring (bicyclic) bond motifs is 1. The SMILES string of the molecule is CCOC1Oc2ccc(C)cc2C(=O)C1=CNc1ccc(C(C)=O)cc1. The van der Waals surface area contributed by atoms with Crippen LogP contribution in [-0.2, 0) is 4.74 Å². The van der Waals surface area contributed by atoms with Crippen LogP contribution in [0.4, 0.5) is 5.69 Å². The van der Waals surface area contributed by atoms with Crippen LogP contribution >= 0.6 is 0 Å². The van der Waals surface area contributed by atoms with Crippen LogP contribution in [0.3, 0.4) is 0 Å². The zero-order chi connectivity index (χ0) is 18.7. The molecule has 0 bridgehead atoms. The van der Waals surface area contributed by atoms with Crippen molar-refractivity contribution in [3.63, 3.8) is 0 Å². The van der Waals surface area contributed by atoms with Gasteiger partial charge in [0.15, 0.2) is 11.6 Å². The molecule has 134 valence electrons. The molecule has 2 aromatic carbocycles. The molecule has 1 N–H and O–H groups in total. The molecule has 0 aliphatic carbocycles. The van der Waals surface area contributed by atoms with Crippen LogP contribution < -0.4 is 10.1 Å². The summed E-state index contributed by atoms with van der Waals surface area (Å²) in [5, 5.41) is 3.09. The van der Waals surface area contributed by atoms with Crippen molar-refractivity contribution in [3.8, 4) is 5.75 Å². The average Bonchev–Trinajstić information content (AvgIpc) is 2.63. The van der Waals surface area contributed by atoms with Gasteiger partial charge in [-0.05, 0) is 57.2 Å². The van der Waals surface area contributed by atoms with E-state index in [2.05, 4.69) is 5.32 Å². The first kappa shape index (κ1) is 17.9. The molecule has 1 aliphatic rings. The van der Waals surface area contributed by atoms with Crippen molar-refractivity contribution in [3.05, 3.63) is 70.9 Å². The Morgan fingerprint density at radius 1 is 1.23 bits per heavy atom. The van der Waals surface area contributed by atoms with Gasteiger partial charge in [-0.3, -0.25) is 9.59 Å². The van der Waals surface area contributed by atoms with Gasteiger partial charge in [0.2, 0.25) is 6.29 Å². The Hall–Kier alpha value is -2.92. The maximum Gasteiger partial charge on any atom is 0.232 e. The van der Waals surface area contributed by atoms with Gasteiger partial charge in [0, 0.05) is 24.1 Å². The topological polar surface area (TPSA) is 64.6 Å². The second-order valence-electron chi connectivity index (χ2n) is 6.11. The third kappa shape index (κ3) is 3.68. The molecule has 0 radical (unpaired) electrons. The molecule has 2 aromatic rings. The molecule has 1 heterocycles. The summed E-state index contributed by atoms with van der Waals surface area (Å²) in [7, 11) is 0. The first-order valence-electron chi connectivity index (χ1n) is 8.50. The minimum absolute atomic E-state index is 0.00847. The van der Waals surface area contributed by atoms with Crippen molar-refractivity contribution in [2.24, 2.45) is 0 Å². The fourth-order valence-electron chi connectivity index (χ4n) is 2.74. The Morgan fingerprint density at radius 3 is 2.62 bits per heavy atom. The molecule has 0 amide bonds. The van der Waals surface area contributed by atoms with E-state index in [9.17, 15) is 9.59 Å². The lowest BCUT2D eigenvalue weighted by Gasteiger charge is -2.27. The lowest BCUT2D eigenvalue weighted by molar-refractivity contribution is -0.0509. The standard InChI is InChI=1S/C21H21NO4/c1-4-25-21-18(12-22-16-8-6-15(7-9-16)14(3)23)20(24)17-11-13(2)5-10-19(17)26-21/h5-12,21-22H,4H2,1-3H3. The van der Waals surface area contributed by atoms with E-state index >= 15 is 0 Å². The molecule has 0 aromatic heterocycles. The molecule has 5 nitrogen and oxygen atoms in total. The van der Waals surface area contributed by atoms with Crippen LogP contribution in [0.1, 0.15) is 40.1 Å². The number of hydrogen-bond donors (Lipinski definition) is 1. The highest BCUT2D eigenvalue weighted by molar-refractivity contribution is 6.12. The van der Waals surface area contributed by atoms with Crippen molar-refractivity contribution in [1.29, 1.82) is 0 Å². The number of carbonyl (C=O) groups excluding carboxylic acids is 2. The Kier molecular flexibility index (Phi) is 5.19. The maximum atomic E-state index is 12.9. The summed E-state index contributed by atoms with van der Waals surface area (Å²) < 4.78 is 11.4. The average molecular weight is 351 g/mol. The molecule has 1 aliphatic heterocycles. The number of carbonyl (C=O) groups is 2. The van der Waals surface area contributed by atoms with Crippen LogP contribution in [0.15, 0.2) is 54.2 Å². The molecule has 3 rings (SSSR count). The van der Waals surface area contributed by atoms with Gasteiger partial charge in [-0.1, -0.05) is 11.6 Å². The monoisotopic (exact) mass is 351 g/mol. The van der Waals surface area contributed by atoms with Gasteiger partial charge in [-0.2, -0.15) is 0 Å². The first-order chi connectivity index (χ1) is 12.5. The van der Waals surface area contributed by atoms with E-state index in [0.717, 1.165) is 11.3 Å². The van der Waals surface area contributed by atoms with E-state index < -0.39 is 6.29 Å². The van der Waals surface area contributed by atoms with Crippen LogP contribution in [-0.4, -0.2) is 24.5 Å². The molecule has 0 saturated carbocycles. The highest BCUT2D eigenvalue weighted by atomic mass is 16.7. The number of benzene rings is 2. The molecule has 26 heavy (non-hydrogen) atoms. The van der Waals surface area contributed by atoms with E-state index in [1.54, 1.807) is 36.5 Å². The fourth-order valence-corrected chi connectivity index (χ4v) is 2.74. The highest BCUT2D eigenvalue weighted by Gasteiger charge is 2.32. The highest BCUT2D eigenvalue weighted by Crippen LogP contribution is 2.32. The number of nitrogens with one attached hydrogen (secondary N) is 1. The van der Waals surface area contributed by atoms with Gasteiger partial charge in [0.1, 0.15) is 5.75 Å². The maximum absolute atomic E-state index is 12.9. The molecule has 1 unspecified atom stereocenters. The summed E-state index contributed by atoms with van der Waals surface area (Å²) in [6.07, 6.45) is 0.850. The Morgan fingerprint density at radius 2 is 1.96 bits per heavy atom. The number of ketones is 2. The molecule has 0 spiro atoms. The third-order valence-electron chi connectivity index (χ3n) is 4.13. The lowest BCUT2D eigenvalue weighted by atomic mass is 9.98. The van der Waals surface area contributed by atoms with E-state index in [1.165, 1.54) is 6.92 Å². The zero-order valence-electron chi connectivity index (χ0n) is 15.0. The fraction of sp³-hybridized carbons (Fsp3) is 0.238. The molecular weight excluding hydrogens is 330 g/mol. The number of anilines is 1. The van der Waals surface area contributed by atoms with Gasteiger partial charge in [0.05, 0.1) is 11.1 Å². The predicted octanol–water partition coefficient (Wildman–Crippen LogP) is 4.13. The largest absolute Gasteiger partial charge is 0.460 e. The first-order valence-corrected chi connectivity index (χ1v) is 8.50. The van der Waals surface area contributed by atoms with Crippen molar-refractivity contribution < 1.29 is 19.1 Å². The zero-order valence-corrected chi connectivity index (χ0v) is 15.0. The second-order valence-corrected chi connectivity index (χ2v) is 6.11. The quantitative estimate of drug-likeness (QED) is 0.648. The summed E-state index contributed by atoms with van der Waals surface area (Å²) in [6, 6.07) is 12.6. The number of hydrogen-bond acceptors (Lipinski definition) is 5. The summed E-state index contributed by atoms with van der Waals surface area (Å²) in [5.74, 6) is 0.414. The van der Waals surface area contributed by atoms with E-state index in [1.807, 2.05) is 26.0 Å². The van der Waals surface area contributed by atoms with E-state index in [4.69, 9.17) is 9.47 Å². The van der Waals surface area contributed by atoms with Crippen molar-refractivity contribution >= 4 is 17.3 Å². The van der Waals surface area contributed by atoms with Crippen molar-refractivity contribution in [1.82, 2.24) is 0 Å². The summed E-state index contributed by atoms with van der Waals surface area (Å²) in [5.41, 5.74) is 3.32. The number of aryl methyl sites for hydroxylation is 1. The van der Waals surface area contributed by atoms with Crippen LogP contribution in [0.25, 0.3) is 0 Å². The normalized spacial score (nSPS) is 17.6. The molecule has 0 fully saturated rings. The van der Waals surface area contributed by atoms with Crippen LogP contribution in [0.5, 0.6) is 5.75 Å². The number of ether oxygens (including phenoxy) is 2. The second kappa shape index (κ2) is 7.54. The Labute approximate surface area is 152 Å². The van der Waals surface area contributed by atoms with Gasteiger partial charge < -0.3 is 14.8 Å².